The van der Waals surface area contributed by atoms with Gasteiger partial charge in [0.1, 0.15) is 0 Å². The molecule has 0 aliphatic heterocycles. The van der Waals surface area contributed by atoms with Gasteiger partial charge in [-0.25, -0.2) is 0 Å². The molecule has 0 aliphatic carbocycles. The van der Waals surface area contributed by atoms with Crippen molar-refractivity contribution in [3.63, 3.8) is 0 Å². The van der Waals surface area contributed by atoms with Crippen molar-refractivity contribution in [2.75, 3.05) is 0 Å². The molecule has 2 aromatic rings. The monoisotopic (exact) mass is 356 g/mol. The lowest BCUT2D eigenvalue weighted by molar-refractivity contribution is 0.176. The number of hydrogen-bond acceptors (Lipinski definition) is 2. The maximum atomic E-state index is 10.3. The van der Waals surface area contributed by atoms with Crippen molar-refractivity contribution in [2.45, 2.75) is 38.8 Å². The number of nitrogens with zero attached hydrogens (tertiary/aromatic N) is 2. The minimum atomic E-state index is -0.595. The number of hydrogen-bond donors (Lipinski definition) is 1. The smallest absolute Gasteiger partial charge is 0.0857 e. The summed E-state index contributed by atoms with van der Waals surface area (Å²) in [6.07, 6.45) is 2.89. The number of aliphatic hydroxyl groups excluding tert-OH is 1. The molecule has 0 fully saturated rings. The van der Waals surface area contributed by atoms with Crippen molar-refractivity contribution < 1.29 is 5.11 Å². The van der Waals surface area contributed by atoms with Crippen LogP contribution in [0.4, 0.5) is 0 Å². The quantitative estimate of drug-likeness (QED) is 0.852. The van der Waals surface area contributed by atoms with Crippen LogP contribution in [0.25, 0.3) is 0 Å². The summed E-state index contributed by atoms with van der Waals surface area (Å²) in [5, 5.41) is 15.5. The van der Waals surface area contributed by atoms with Gasteiger partial charge in [-0.05, 0) is 37.1 Å². The summed E-state index contributed by atoms with van der Waals surface area (Å²) in [7, 11) is 0. The predicted octanol–water partition coefficient (Wildman–Crippen LogP) is 4.55. The fourth-order valence-electron chi connectivity index (χ4n) is 2.00. The lowest BCUT2D eigenvalue weighted by Gasteiger charge is -2.12. The van der Waals surface area contributed by atoms with Crippen LogP contribution < -0.4 is 0 Å². The minimum absolute atomic E-state index is 0.378. The van der Waals surface area contributed by atoms with Crippen LogP contribution in [-0.4, -0.2) is 14.9 Å². The maximum absolute atomic E-state index is 10.3. The van der Waals surface area contributed by atoms with Crippen LogP contribution in [0.1, 0.15) is 43.7 Å². The van der Waals surface area contributed by atoms with Gasteiger partial charge in [0, 0.05) is 28.2 Å². The highest BCUT2D eigenvalue weighted by atomic mass is 79.9. The number of aliphatic hydroxyl groups is 1. The number of aromatic nitrogens is 2. The Morgan fingerprint density at radius 1 is 1.40 bits per heavy atom. The molecule has 108 valence electrons. The maximum Gasteiger partial charge on any atom is 0.0857 e. The molecule has 2 atom stereocenters. The van der Waals surface area contributed by atoms with E-state index in [1.54, 1.807) is 12.1 Å². The molecule has 20 heavy (non-hydrogen) atoms. The second-order valence-corrected chi connectivity index (χ2v) is 6.22. The summed E-state index contributed by atoms with van der Waals surface area (Å²) in [6.45, 7) is 4.26. The standard InChI is InChI=1S/C15H18BrClN2O/c1-3-10(2)19-7-6-12(18-19)9-15(20)13-5-4-11(17)8-14(13)16/h4-8,10,15,20H,3,9H2,1-2H3. The Hall–Kier alpha value is -0.840. The van der Waals surface area contributed by atoms with Gasteiger partial charge in [0.2, 0.25) is 0 Å². The van der Waals surface area contributed by atoms with E-state index in [0.29, 0.717) is 17.5 Å². The first-order chi connectivity index (χ1) is 9.51. The van der Waals surface area contributed by atoms with Crippen LogP contribution in [0.15, 0.2) is 34.9 Å². The Kier molecular flexibility index (Phi) is 5.24. The molecule has 0 saturated heterocycles. The first kappa shape index (κ1) is 15.5. The van der Waals surface area contributed by atoms with Crippen LogP contribution >= 0.6 is 27.5 Å². The molecule has 5 heteroatoms. The summed E-state index contributed by atoms with van der Waals surface area (Å²) in [5.74, 6) is 0. The third kappa shape index (κ3) is 3.62. The van der Waals surface area contributed by atoms with Crippen LogP contribution in [0, 0.1) is 0 Å². The topological polar surface area (TPSA) is 38.0 Å². The second kappa shape index (κ2) is 6.74. The van der Waals surface area contributed by atoms with Crippen molar-refractivity contribution in [1.82, 2.24) is 9.78 Å². The zero-order valence-corrected chi connectivity index (χ0v) is 13.9. The van der Waals surface area contributed by atoms with E-state index in [2.05, 4.69) is 34.9 Å². The third-order valence-corrected chi connectivity index (χ3v) is 4.35. The van der Waals surface area contributed by atoms with Gasteiger partial charge < -0.3 is 5.11 Å². The van der Waals surface area contributed by atoms with Crippen molar-refractivity contribution in [3.05, 3.63) is 51.2 Å². The number of halogens is 2. The van der Waals surface area contributed by atoms with Gasteiger partial charge in [-0.1, -0.05) is 40.5 Å². The predicted molar refractivity (Wildman–Crippen MR) is 85.0 cm³/mol. The highest BCUT2D eigenvalue weighted by Gasteiger charge is 2.14. The Morgan fingerprint density at radius 3 is 2.80 bits per heavy atom. The molecule has 0 spiro atoms. The first-order valence-corrected chi connectivity index (χ1v) is 7.85. The largest absolute Gasteiger partial charge is 0.388 e. The van der Waals surface area contributed by atoms with Crippen LogP contribution in [0.3, 0.4) is 0 Å². The molecule has 0 bridgehead atoms. The van der Waals surface area contributed by atoms with Crippen molar-refractivity contribution in [2.24, 2.45) is 0 Å². The van der Waals surface area contributed by atoms with Crippen LogP contribution in [0.2, 0.25) is 5.02 Å². The molecule has 2 rings (SSSR count). The molecule has 1 aromatic carbocycles. The van der Waals surface area contributed by atoms with E-state index in [1.165, 1.54) is 0 Å². The Morgan fingerprint density at radius 2 is 2.15 bits per heavy atom. The van der Waals surface area contributed by atoms with E-state index in [9.17, 15) is 5.11 Å². The van der Waals surface area contributed by atoms with Crippen LogP contribution in [-0.2, 0) is 6.42 Å². The minimum Gasteiger partial charge on any atom is -0.388 e. The van der Waals surface area contributed by atoms with Crippen LogP contribution in [0.5, 0.6) is 0 Å². The lowest BCUT2D eigenvalue weighted by atomic mass is 10.1. The molecular weight excluding hydrogens is 340 g/mol. The van der Waals surface area contributed by atoms with E-state index in [4.69, 9.17) is 11.6 Å². The van der Waals surface area contributed by atoms with Gasteiger partial charge in [0.05, 0.1) is 11.8 Å². The van der Waals surface area contributed by atoms with Crippen molar-refractivity contribution in [1.29, 1.82) is 0 Å². The van der Waals surface area contributed by atoms with Gasteiger partial charge in [0.15, 0.2) is 0 Å². The van der Waals surface area contributed by atoms with Gasteiger partial charge in [-0.15, -0.1) is 0 Å². The SMILES string of the molecule is CCC(C)n1ccc(CC(O)c2ccc(Cl)cc2Br)n1. The zero-order valence-electron chi connectivity index (χ0n) is 11.6. The highest BCUT2D eigenvalue weighted by Crippen LogP contribution is 2.28. The average Bonchev–Trinajstić information content (AvgIpc) is 2.86. The lowest BCUT2D eigenvalue weighted by Crippen LogP contribution is -2.07. The zero-order chi connectivity index (χ0) is 14.7. The first-order valence-electron chi connectivity index (χ1n) is 6.68. The van der Waals surface area contributed by atoms with E-state index in [1.807, 2.05) is 23.0 Å². The van der Waals surface area contributed by atoms with E-state index < -0.39 is 6.10 Å². The number of benzene rings is 1. The van der Waals surface area contributed by atoms with Gasteiger partial charge in [0.25, 0.3) is 0 Å². The van der Waals surface area contributed by atoms with E-state index in [-0.39, 0.29) is 0 Å². The Balaban J connectivity index is 2.11. The molecule has 0 aliphatic rings. The Bertz CT molecular complexity index is 585. The molecule has 0 radical (unpaired) electrons. The summed E-state index contributed by atoms with van der Waals surface area (Å²) in [6, 6.07) is 7.74. The second-order valence-electron chi connectivity index (χ2n) is 4.93. The fourth-order valence-corrected chi connectivity index (χ4v) is 2.95. The summed E-state index contributed by atoms with van der Waals surface area (Å²) in [4.78, 5) is 0. The molecule has 0 amide bonds. The van der Waals surface area contributed by atoms with Gasteiger partial charge in [-0.2, -0.15) is 5.10 Å². The van der Waals surface area contributed by atoms with E-state index in [0.717, 1.165) is 22.2 Å². The van der Waals surface area contributed by atoms with Gasteiger partial charge in [-0.3, -0.25) is 4.68 Å². The molecule has 1 N–H and O–H groups in total. The fraction of sp³-hybridized carbons (Fsp3) is 0.400. The average molecular weight is 358 g/mol. The summed E-state index contributed by atoms with van der Waals surface area (Å²) < 4.78 is 2.76. The third-order valence-electron chi connectivity index (χ3n) is 3.43. The summed E-state index contributed by atoms with van der Waals surface area (Å²) in [5.41, 5.74) is 1.71. The highest BCUT2D eigenvalue weighted by molar-refractivity contribution is 9.10. The van der Waals surface area contributed by atoms with Crippen molar-refractivity contribution >= 4 is 27.5 Å². The Labute approximate surface area is 132 Å². The number of rotatable bonds is 5. The molecule has 2 unspecified atom stereocenters. The summed E-state index contributed by atoms with van der Waals surface area (Å²) >= 11 is 9.34. The molecule has 1 aromatic heterocycles. The molecule has 3 nitrogen and oxygen atoms in total. The normalized spacial score (nSPS) is 14.2. The molecule has 1 heterocycles. The molecule has 0 saturated carbocycles. The van der Waals surface area contributed by atoms with E-state index >= 15 is 0 Å². The van der Waals surface area contributed by atoms with Gasteiger partial charge >= 0.3 is 0 Å². The molecular formula is C15H18BrClN2O. The van der Waals surface area contributed by atoms with Crippen molar-refractivity contribution in [3.8, 4) is 0 Å².